The minimum Gasteiger partial charge on any atom is -0.455 e. The predicted molar refractivity (Wildman–Crippen MR) is 229 cm³/mol. The van der Waals surface area contributed by atoms with Crippen molar-refractivity contribution < 1.29 is 4.42 Å². The number of furan rings is 1. The fourth-order valence-corrected chi connectivity index (χ4v) is 9.79. The molecule has 1 aliphatic carbocycles. The summed E-state index contributed by atoms with van der Waals surface area (Å²) in [6.07, 6.45) is 0. The monoisotopic (exact) mass is 686 g/mol. The molecule has 0 saturated heterocycles. The van der Waals surface area contributed by atoms with Gasteiger partial charge in [0, 0.05) is 21.8 Å². The van der Waals surface area contributed by atoms with Gasteiger partial charge in [-0.15, -0.1) is 0 Å². The summed E-state index contributed by atoms with van der Waals surface area (Å²) in [7, 11) is 0. The molecule has 54 heavy (non-hydrogen) atoms. The van der Waals surface area contributed by atoms with Crippen molar-refractivity contribution in [3.8, 4) is 44.5 Å². The molecule has 1 aromatic heterocycles. The highest BCUT2D eigenvalue weighted by Crippen LogP contribution is 2.51. The number of rotatable bonds is 3. The zero-order chi connectivity index (χ0) is 35.7. The molecule has 1 heterocycles. The van der Waals surface area contributed by atoms with Crippen LogP contribution in [0.3, 0.4) is 0 Å². The number of benzene rings is 10. The molecule has 0 amide bonds. The first kappa shape index (κ1) is 29.8. The molecule has 252 valence electrons. The van der Waals surface area contributed by atoms with Crippen LogP contribution in [0.4, 0.5) is 0 Å². The molecule has 0 bridgehead atoms. The van der Waals surface area contributed by atoms with Gasteiger partial charge in [-0.1, -0.05) is 159 Å². The van der Waals surface area contributed by atoms with Gasteiger partial charge < -0.3 is 4.42 Å². The average Bonchev–Trinajstić information content (AvgIpc) is 3.70. The summed E-state index contributed by atoms with van der Waals surface area (Å²) in [6.45, 7) is 4.70. The van der Waals surface area contributed by atoms with Gasteiger partial charge in [0.15, 0.2) is 0 Å². The highest BCUT2D eigenvalue weighted by molar-refractivity contribution is 6.29. The molecule has 0 radical (unpaired) electrons. The minimum atomic E-state index is -0.0886. The molecule has 11 aromatic rings. The van der Waals surface area contributed by atoms with Gasteiger partial charge in [0.2, 0.25) is 0 Å². The first-order chi connectivity index (χ1) is 26.5. The van der Waals surface area contributed by atoms with Crippen LogP contribution in [0.25, 0.3) is 110 Å². The van der Waals surface area contributed by atoms with Crippen molar-refractivity contribution in [2.45, 2.75) is 19.3 Å². The Balaban J connectivity index is 1.14. The summed E-state index contributed by atoms with van der Waals surface area (Å²) in [5.74, 6) is 0. The van der Waals surface area contributed by atoms with Gasteiger partial charge in [-0.05, 0) is 117 Å². The second kappa shape index (κ2) is 10.7. The zero-order valence-electron chi connectivity index (χ0n) is 30.1. The van der Waals surface area contributed by atoms with E-state index in [-0.39, 0.29) is 5.41 Å². The van der Waals surface area contributed by atoms with Crippen molar-refractivity contribution in [1.29, 1.82) is 0 Å². The van der Waals surface area contributed by atoms with Gasteiger partial charge in [-0.25, -0.2) is 0 Å². The number of fused-ring (bicyclic) bond motifs is 7. The summed E-state index contributed by atoms with van der Waals surface area (Å²) in [6, 6.07) is 62.9. The Kier molecular flexibility index (Phi) is 5.90. The molecule has 1 heteroatoms. The van der Waals surface area contributed by atoms with Gasteiger partial charge in [0.1, 0.15) is 11.2 Å². The van der Waals surface area contributed by atoms with E-state index in [1.807, 2.05) is 0 Å². The molecule has 0 spiro atoms. The van der Waals surface area contributed by atoms with Crippen molar-refractivity contribution in [2.24, 2.45) is 0 Å². The molecule has 0 unspecified atom stereocenters. The summed E-state index contributed by atoms with van der Waals surface area (Å²) >= 11 is 0. The summed E-state index contributed by atoms with van der Waals surface area (Å²) in [5, 5.41) is 12.4. The van der Waals surface area contributed by atoms with Gasteiger partial charge >= 0.3 is 0 Å². The van der Waals surface area contributed by atoms with Crippen molar-refractivity contribution in [2.75, 3.05) is 0 Å². The molecule has 12 rings (SSSR count). The Hall–Kier alpha value is -6.70. The fourth-order valence-electron chi connectivity index (χ4n) is 9.79. The standard InChI is InChI=1S/C53H34O/c1-53(2)46-15-9-8-14-40(46)41-23-20-36(29-47(41)53)38-26-27-44(51-45-28-34-12-6-7-13-35(34)30-48(45)54-52(38)51)39-22-17-33-18-24-42-37(31-10-4-3-5-11-31)21-16-32-19-25-43(39)50(33)49(32)42/h3-30H,1-2H3. The van der Waals surface area contributed by atoms with E-state index in [0.717, 1.165) is 27.5 Å². The predicted octanol–water partition coefficient (Wildman–Crippen LogP) is 14.9. The second-order valence-electron chi connectivity index (χ2n) is 15.6. The van der Waals surface area contributed by atoms with E-state index in [2.05, 4.69) is 184 Å². The molecule has 1 nitrogen and oxygen atoms in total. The topological polar surface area (TPSA) is 13.1 Å². The number of hydrogen-bond donors (Lipinski definition) is 0. The molecule has 0 fully saturated rings. The third kappa shape index (κ3) is 3.99. The Labute approximate surface area is 313 Å². The van der Waals surface area contributed by atoms with Crippen LogP contribution in [-0.2, 0) is 5.41 Å². The Morgan fingerprint density at radius 2 is 0.944 bits per heavy atom. The third-order valence-electron chi connectivity index (χ3n) is 12.4. The zero-order valence-corrected chi connectivity index (χ0v) is 30.1. The smallest absolute Gasteiger partial charge is 0.143 e. The van der Waals surface area contributed by atoms with Crippen LogP contribution < -0.4 is 0 Å². The van der Waals surface area contributed by atoms with E-state index in [9.17, 15) is 0 Å². The van der Waals surface area contributed by atoms with E-state index in [0.29, 0.717) is 0 Å². The van der Waals surface area contributed by atoms with Crippen molar-refractivity contribution in [1.82, 2.24) is 0 Å². The normalized spacial score (nSPS) is 13.5. The maximum atomic E-state index is 7.03. The van der Waals surface area contributed by atoms with E-state index in [1.165, 1.54) is 93.2 Å². The Morgan fingerprint density at radius 1 is 0.352 bits per heavy atom. The fraction of sp³-hybridized carbons (Fsp3) is 0.0566. The quantitative estimate of drug-likeness (QED) is 0.169. The van der Waals surface area contributed by atoms with E-state index in [4.69, 9.17) is 4.42 Å². The summed E-state index contributed by atoms with van der Waals surface area (Å²) < 4.78 is 7.03. The van der Waals surface area contributed by atoms with Crippen LogP contribution in [0.2, 0.25) is 0 Å². The largest absolute Gasteiger partial charge is 0.455 e. The molecular weight excluding hydrogens is 653 g/mol. The summed E-state index contributed by atoms with van der Waals surface area (Å²) in [5.41, 5.74) is 14.4. The lowest BCUT2D eigenvalue weighted by Gasteiger charge is -2.22. The van der Waals surface area contributed by atoms with Crippen molar-refractivity contribution in [3.05, 3.63) is 181 Å². The average molecular weight is 687 g/mol. The maximum Gasteiger partial charge on any atom is 0.143 e. The Bertz CT molecular complexity index is 3340. The first-order valence-electron chi connectivity index (χ1n) is 18.9. The third-order valence-corrected chi connectivity index (χ3v) is 12.4. The molecule has 1 aliphatic rings. The van der Waals surface area contributed by atoms with Gasteiger partial charge in [-0.3, -0.25) is 0 Å². The minimum absolute atomic E-state index is 0.0886. The first-order valence-corrected chi connectivity index (χ1v) is 18.9. The van der Waals surface area contributed by atoms with Crippen molar-refractivity contribution in [3.63, 3.8) is 0 Å². The van der Waals surface area contributed by atoms with E-state index < -0.39 is 0 Å². The van der Waals surface area contributed by atoms with Crippen LogP contribution in [0.15, 0.2) is 174 Å². The molecule has 0 N–H and O–H groups in total. The molecular formula is C53H34O. The highest BCUT2D eigenvalue weighted by atomic mass is 16.3. The van der Waals surface area contributed by atoms with Crippen LogP contribution in [-0.4, -0.2) is 0 Å². The second-order valence-corrected chi connectivity index (χ2v) is 15.6. The van der Waals surface area contributed by atoms with E-state index >= 15 is 0 Å². The van der Waals surface area contributed by atoms with Crippen LogP contribution in [0, 0.1) is 0 Å². The SMILES string of the molecule is CC1(C)c2ccccc2-c2ccc(-c3ccc(-c4ccc5ccc6c(-c7ccccc7)ccc7ccc4c5c76)c4c3oc3cc5ccccc5cc34)cc21. The molecule has 0 aliphatic heterocycles. The molecule has 0 atom stereocenters. The number of hydrogen-bond acceptors (Lipinski definition) is 1. The maximum absolute atomic E-state index is 7.03. The van der Waals surface area contributed by atoms with E-state index in [1.54, 1.807) is 0 Å². The highest BCUT2D eigenvalue weighted by Gasteiger charge is 2.35. The molecule has 10 aromatic carbocycles. The lowest BCUT2D eigenvalue weighted by molar-refractivity contribution is 0.660. The van der Waals surface area contributed by atoms with Crippen LogP contribution >= 0.6 is 0 Å². The molecule has 0 saturated carbocycles. The van der Waals surface area contributed by atoms with Gasteiger partial charge in [0.05, 0.1) is 0 Å². The van der Waals surface area contributed by atoms with Crippen LogP contribution in [0.5, 0.6) is 0 Å². The lowest BCUT2D eigenvalue weighted by Crippen LogP contribution is -2.14. The van der Waals surface area contributed by atoms with Crippen molar-refractivity contribution >= 4 is 65.0 Å². The van der Waals surface area contributed by atoms with Gasteiger partial charge in [-0.2, -0.15) is 0 Å². The summed E-state index contributed by atoms with van der Waals surface area (Å²) in [4.78, 5) is 0. The lowest BCUT2D eigenvalue weighted by atomic mass is 9.81. The Morgan fingerprint density at radius 3 is 1.74 bits per heavy atom. The van der Waals surface area contributed by atoms with Crippen LogP contribution in [0.1, 0.15) is 25.0 Å². The van der Waals surface area contributed by atoms with Gasteiger partial charge in [0.25, 0.3) is 0 Å².